The summed E-state index contributed by atoms with van der Waals surface area (Å²) in [5.41, 5.74) is 0.363. The zero-order valence-electron chi connectivity index (χ0n) is 18.9. The molecule has 1 amide bonds. The molecule has 4 aromatic rings. The van der Waals surface area contributed by atoms with Gasteiger partial charge in [0.15, 0.2) is 5.65 Å². The number of pyridine rings is 1. The highest BCUT2D eigenvalue weighted by atomic mass is 19.4. The molecule has 0 atom stereocenters. The van der Waals surface area contributed by atoms with Crippen LogP contribution in [0.25, 0.3) is 28.3 Å². The predicted octanol–water partition coefficient (Wildman–Crippen LogP) is 5.47. The zero-order chi connectivity index (χ0) is 24.7. The van der Waals surface area contributed by atoms with Crippen LogP contribution in [0, 0.1) is 5.41 Å². The number of hydrogen-bond acceptors (Lipinski definition) is 5. The maximum atomic E-state index is 13.6. The summed E-state index contributed by atoms with van der Waals surface area (Å²) in [5, 5.41) is 6.93. The van der Waals surface area contributed by atoms with E-state index in [1.807, 2.05) is 0 Å². The van der Waals surface area contributed by atoms with E-state index in [1.54, 1.807) is 57.3 Å². The van der Waals surface area contributed by atoms with Gasteiger partial charge in [0.1, 0.15) is 5.69 Å². The van der Waals surface area contributed by atoms with Crippen molar-refractivity contribution >= 4 is 17.2 Å². The third-order valence-electron chi connectivity index (χ3n) is 5.07. The van der Waals surface area contributed by atoms with Gasteiger partial charge in [-0.25, -0.2) is 14.5 Å². The fourth-order valence-corrected chi connectivity index (χ4v) is 3.19. The van der Waals surface area contributed by atoms with Crippen molar-refractivity contribution in [1.29, 1.82) is 0 Å². The molecule has 0 fully saturated rings. The maximum absolute atomic E-state index is 13.6. The number of imidazole rings is 1. The van der Waals surface area contributed by atoms with Gasteiger partial charge in [-0.2, -0.15) is 18.3 Å². The van der Waals surface area contributed by atoms with Gasteiger partial charge >= 0.3 is 6.18 Å². The van der Waals surface area contributed by atoms with Crippen molar-refractivity contribution < 1.29 is 22.7 Å². The minimum atomic E-state index is -4.63. The summed E-state index contributed by atoms with van der Waals surface area (Å²) in [5.74, 6) is -0.0810. The number of nitrogens with zero attached hydrogens (tertiary/aromatic N) is 4. The molecule has 0 aliphatic rings. The molecule has 0 aliphatic heterocycles. The van der Waals surface area contributed by atoms with Crippen LogP contribution in [0.5, 0.6) is 5.88 Å². The molecule has 3 heterocycles. The molecule has 1 N–H and O–H groups in total. The number of hydrogen-bond donors (Lipinski definition) is 1. The number of amides is 1. The summed E-state index contributed by atoms with van der Waals surface area (Å²) in [4.78, 5) is 21.2. The van der Waals surface area contributed by atoms with Crippen molar-refractivity contribution in [2.45, 2.75) is 26.9 Å². The summed E-state index contributed by atoms with van der Waals surface area (Å²) in [6, 6.07) is 12.3. The highest BCUT2D eigenvalue weighted by Crippen LogP contribution is 2.37. The smallest absolute Gasteiger partial charge is 0.418 e. The van der Waals surface area contributed by atoms with Crippen molar-refractivity contribution in [2.75, 3.05) is 12.4 Å². The van der Waals surface area contributed by atoms with Gasteiger partial charge in [0, 0.05) is 17.0 Å². The summed E-state index contributed by atoms with van der Waals surface area (Å²) < 4.78 is 47.4. The van der Waals surface area contributed by atoms with Crippen LogP contribution < -0.4 is 10.1 Å². The van der Waals surface area contributed by atoms with Gasteiger partial charge in [0.2, 0.25) is 11.8 Å². The van der Waals surface area contributed by atoms with E-state index in [0.29, 0.717) is 34.2 Å². The second-order valence-corrected chi connectivity index (χ2v) is 8.67. The molecule has 0 saturated carbocycles. The molecular weight excluding hydrogens is 447 g/mol. The number of fused-ring (bicyclic) bond motifs is 1. The van der Waals surface area contributed by atoms with Crippen LogP contribution in [0.2, 0.25) is 0 Å². The number of benzene rings is 1. The monoisotopic (exact) mass is 469 g/mol. The number of ether oxygens (including phenoxy) is 1. The third kappa shape index (κ3) is 4.70. The van der Waals surface area contributed by atoms with Gasteiger partial charge in [-0.1, -0.05) is 32.9 Å². The van der Waals surface area contributed by atoms with Crippen LogP contribution in [-0.4, -0.2) is 32.6 Å². The summed E-state index contributed by atoms with van der Waals surface area (Å²) in [7, 11) is 1.52. The van der Waals surface area contributed by atoms with Crippen LogP contribution in [0.4, 0.5) is 18.9 Å². The lowest BCUT2D eigenvalue weighted by Crippen LogP contribution is -2.28. The Bertz CT molecular complexity index is 1370. The Kier molecular flexibility index (Phi) is 5.76. The minimum Gasteiger partial charge on any atom is -0.481 e. The highest BCUT2D eigenvalue weighted by Gasteiger charge is 2.35. The van der Waals surface area contributed by atoms with Gasteiger partial charge in [0.25, 0.3) is 0 Å². The van der Waals surface area contributed by atoms with Crippen molar-refractivity contribution in [1.82, 2.24) is 19.6 Å². The lowest BCUT2D eigenvalue weighted by molar-refractivity contribution is -0.137. The van der Waals surface area contributed by atoms with Crippen molar-refractivity contribution in [3.8, 4) is 28.5 Å². The fraction of sp³-hybridized carbons (Fsp3) is 0.250. The Morgan fingerprint density at radius 2 is 1.74 bits per heavy atom. The van der Waals surface area contributed by atoms with E-state index >= 15 is 0 Å². The third-order valence-corrected chi connectivity index (χ3v) is 5.07. The first-order valence-corrected chi connectivity index (χ1v) is 10.4. The minimum absolute atomic E-state index is 0.323. The average molecular weight is 469 g/mol. The number of carbonyl (C=O) groups is 1. The van der Waals surface area contributed by atoms with E-state index in [2.05, 4.69) is 20.4 Å². The quantitative estimate of drug-likeness (QED) is 0.429. The molecule has 4 rings (SSSR count). The molecule has 176 valence electrons. The molecular formula is C24H22F3N5O2. The van der Waals surface area contributed by atoms with E-state index < -0.39 is 23.1 Å². The molecule has 3 aromatic heterocycles. The maximum Gasteiger partial charge on any atom is 0.418 e. The zero-order valence-corrected chi connectivity index (χ0v) is 18.9. The van der Waals surface area contributed by atoms with Gasteiger partial charge in [-0.3, -0.25) is 4.79 Å². The number of anilines is 1. The number of nitrogens with one attached hydrogen (secondary N) is 1. The Morgan fingerprint density at radius 3 is 2.41 bits per heavy atom. The predicted molar refractivity (Wildman–Crippen MR) is 121 cm³/mol. The number of alkyl halides is 3. The van der Waals surface area contributed by atoms with Crippen LogP contribution in [0.15, 0.2) is 54.7 Å². The van der Waals surface area contributed by atoms with Gasteiger partial charge in [-0.15, -0.1) is 0 Å². The lowest BCUT2D eigenvalue weighted by Gasteiger charge is -2.20. The Labute approximate surface area is 193 Å². The Hall–Kier alpha value is -3.95. The first kappa shape index (κ1) is 23.2. The second-order valence-electron chi connectivity index (χ2n) is 8.67. The molecule has 0 radical (unpaired) electrons. The van der Waals surface area contributed by atoms with Crippen molar-refractivity contribution in [2.24, 2.45) is 5.41 Å². The van der Waals surface area contributed by atoms with Crippen LogP contribution in [-0.2, 0) is 11.0 Å². The van der Waals surface area contributed by atoms with E-state index in [9.17, 15) is 18.0 Å². The van der Waals surface area contributed by atoms with Crippen LogP contribution >= 0.6 is 0 Å². The van der Waals surface area contributed by atoms with E-state index in [0.717, 1.165) is 6.07 Å². The standard InChI is InChI=1S/C24H22F3N5O2/c1-23(2,3)22(33)30-18-12-14(8-9-15(18)24(25,26)27)19-13-32-20(28-19)11-10-17(31-32)16-6-5-7-21(29-16)34-4/h5-13H,1-4H3,(H,30,33). The molecule has 34 heavy (non-hydrogen) atoms. The van der Waals surface area contributed by atoms with Gasteiger partial charge < -0.3 is 10.1 Å². The molecule has 1 aromatic carbocycles. The molecule has 7 nitrogen and oxygen atoms in total. The van der Waals surface area contributed by atoms with Gasteiger partial charge in [-0.05, 0) is 30.3 Å². The molecule has 0 saturated heterocycles. The number of methoxy groups -OCH3 is 1. The Morgan fingerprint density at radius 1 is 0.971 bits per heavy atom. The summed E-state index contributed by atoms with van der Waals surface area (Å²) in [6.07, 6.45) is -3.02. The van der Waals surface area contributed by atoms with E-state index in [4.69, 9.17) is 4.74 Å². The van der Waals surface area contributed by atoms with E-state index in [-0.39, 0.29) is 5.69 Å². The number of halogens is 3. The average Bonchev–Trinajstić information content (AvgIpc) is 3.21. The largest absolute Gasteiger partial charge is 0.481 e. The fourth-order valence-electron chi connectivity index (χ4n) is 3.19. The van der Waals surface area contributed by atoms with Crippen molar-refractivity contribution in [3.63, 3.8) is 0 Å². The summed E-state index contributed by atoms with van der Waals surface area (Å²) >= 11 is 0. The van der Waals surface area contributed by atoms with Gasteiger partial charge in [0.05, 0.1) is 35.9 Å². The topological polar surface area (TPSA) is 81.4 Å². The van der Waals surface area contributed by atoms with Crippen LogP contribution in [0.1, 0.15) is 26.3 Å². The number of rotatable bonds is 4. The Balaban J connectivity index is 1.74. The molecule has 0 bridgehead atoms. The molecule has 0 spiro atoms. The van der Waals surface area contributed by atoms with Crippen LogP contribution in [0.3, 0.4) is 0 Å². The normalized spacial score (nSPS) is 12.1. The summed E-state index contributed by atoms with van der Waals surface area (Å²) in [6.45, 7) is 4.88. The number of carbonyl (C=O) groups excluding carboxylic acids is 1. The number of aromatic nitrogens is 4. The van der Waals surface area contributed by atoms with E-state index in [1.165, 1.54) is 23.8 Å². The first-order chi connectivity index (χ1) is 16.0. The lowest BCUT2D eigenvalue weighted by atomic mass is 9.95. The first-order valence-electron chi connectivity index (χ1n) is 10.4. The van der Waals surface area contributed by atoms with Crippen molar-refractivity contribution in [3.05, 3.63) is 60.3 Å². The SMILES string of the molecule is COc1cccc(-c2ccc3nc(-c4ccc(C(F)(F)F)c(NC(=O)C(C)(C)C)c4)cn3n2)n1. The highest BCUT2D eigenvalue weighted by molar-refractivity contribution is 5.96. The molecule has 10 heteroatoms. The molecule has 0 aliphatic carbocycles. The second kappa shape index (κ2) is 8.44. The molecule has 0 unspecified atom stereocenters.